The molecule has 0 aliphatic carbocycles. The van der Waals surface area contributed by atoms with E-state index in [2.05, 4.69) is 30.9 Å². The number of likely N-dealkylation sites (tertiary alicyclic amines) is 1. The van der Waals surface area contributed by atoms with Crippen molar-refractivity contribution in [1.29, 1.82) is 0 Å². The first kappa shape index (κ1) is 26.6. The number of allylic oxidation sites excluding steroid dienone is 1. The molecule has 4 rings (SSSR count). The van der Waals surface area contributed by atoms with Gasteiger partial charge < -0.3 is 9.80 Å². The monoisotopic (exact) mass is 498 g/mol. The van der Waals surface area contributed by atoms with Gasteiger partial charge in [0.15, 0.2) is 5.65 Å². The molecule has 0 aromatic carbocycles. The number of amides is 1. The number of unbranched alkanes of at least 4 members (excludes halogenated alkanes) is 1. The van der Waals surface area contributed by atoms with E-state index in [4.69, 9.17) is 10.1 Å². The fourth-order valence-electron chi connectivity index (χ4n) is 5.65. The Labute approximate surface area is 215 Å². The SMILES string of the molecule is CCCC=CC(C)N(C)C(C(=O)N1CCCCC1c1cc2nc(N3CCCC3)c(C)cn2n1)C(C)F. The average Bonchev–Trinajstić information content (AvgIpc) is 3.53. The van der Waals surface area contributed by atoms with E-state index in [0.717, 1.165) is 67.9 Å². The van der Waals surface area contributed by atoms with Gasteiger partial charge in [-0.05, 0) is 66.3 Å². The molecule has 4 heterocycles. The third kappa shape index (κ3) is 5.58. The summed E-state index contributed by atoms with van der Waals surface area (Å²) in [5.41, 5.74) is 2.75. The van der Waals surface area contributed by atoms with Gasteiger partial charge in [0.25, 0.3) is 0 Å². The van der Waals surface area contributed by atoms with E-state index in [1.807, 2.05) is 40.5 Å². The number of carbonyl (C=O) groups is 1. The minimum absolute atomic E-state index is 0.0293. The molecule has 36 heavy (non-hydrogen) atoms. The number of hydrogen-bond acceptors (Lipinski definition) is 5. The van der Waals surface area contributed by atoms with Crippen molar-refractivity contribution in [2.24, 2.45) is 0 Å². The molecule has 0 bridgehead atoms. The number of fused-ring (bicyclic) bond motifs is 1. The maximum Gasteiger partial charge on any atom is 0.243 e. The van der Waals surface area contributed by atoms with Crippen molar-refractivity contribution in [1.82, 2.24) is 24.4 Å². The molecule has 2 aliphatic rings. The van der Waals surface area contributed by atoms with E-state index >= 15 is 0 Å². The number of hydrogen-bond donors (Lipinski definition) is 0. The Morgan fingerprint density at radius 1 is 1.22 bits per heavy atom. The van der Waals surface area contributed by atoms with Gasteiger partial charge in [0.1, 0.15) is 18.0 Å². The van der Waals surface area contributed by atoms with Gasteiger partial charge in [-0.3, -0.25) is 9.69 Å². The highest BCUT2D eigenvalue weighted by atomic mass is 19.1. The topological polar surface area (TPSA) is 57.0 Å². The second-order valence-electron chi connectivity index (χ2n) is 10.6. The van der Waals surface area contributed by atoms with E-state index in [1.165, 1.54) is 19.8 Å². The van der Waals surface area contributed by atoms with E-state index in [9.17, 15) is 9.18 Å². The molecule has 4 atom stereocenters. The van der Waals surface area contributed by atoms with Gasteiger partial charge in [0, 0.05) is 43.5 Å². The average molecular weight is 499 g/mol. The molecular weight excluding hydrogens is 455 g/mol. The lowest BCUT2D eigenvalue weighted by atomic mass is 9.97. The molecular formula is C28H43FN6O. The minimum atomic E-state index is -1.28. The number of halogens is 1. The zero-order valence-electron chi connectivity index (χ0n) is 22.7. The number of aromatic nitrogens is 3. The van der Waals surface area contributed by atoms with Crippen molar-refractivity contribution in [3.63, 3.8) is 0 Å². The van der Waals surface area contributed by atoms with Gasteiger partial charge in [-0.25, -0.2) is 13.9 Å². The van der Waals surface area contributed by atoms with Gasteiger partial charge in [0.2, 0.25) is 5.91 Å². The summed E-state index contributed by atoms with van der Waals surface area (Å²) in [6, 6.07) is 0.997. The molecule has 2 aromatic rings. The lowest BCUT2D eigenvalue weighted by Crippen LogP contribution is -2.55. The number of alkyl halides is 1. The summed E-state index contributed by atoms with van der Waals surface area (Å²) >= 11 is 0. The Bertz CT molecular complexity index is 1060. The molecule has 2 fully saturated rings. The van der Waals surface area contributed by atoms with Crippen molar-refractivity contribution in [2.45, 2.75) is 96.9 Å². The van der Waals surface area contributed by atoms with Gasteiger partial charge in [0.05, 0.1) is 11.7 Å². The number of aryl methyl sites for hydroxylation is 1. The van der Waals surface area contributed by atoms with Crippen LogP contribution in [0.5, 0.6) is 0 Å². The zero-order chi connectivity index (χ0) is 25.8. The van der Waals surface area contributed by atoms with Crippen molar-refractivity contribution in [3.8, 4) is 0 Å². The van der Waals surface area contributed by atoms with Crippen LogP contribution < -0.4 is 4.90 Å². The van der Waals surface area contributed by atoms with Crippen LogP contribution in [0.1, 0.15) is 83.0 Å². The summed E-state index contributed by atoms with van der Waals surface area (Å²) in [6.07, 6.45) is 12.2. The van der Waals surface area contributed by atoms with Crippen LogP contribution in [0.3, 0.4) is 0 Å². The maximum absolute atomic E-state index is 15.0. The smallest absolute Gasteiger partial charge is 0.243 e. The number of likely N-dealkylation sites (N-methyl/N-ethyl adjacent to an activating group) is 1. The standard InChI is InChI=1S/C28H43FN6O/c1-6-7-8-13-21(3)32(5)26(22(4)29)28(36)34-17-10-9-14-24(34)23-18-25-30-27(33-15-11-12-16-33)20(2)19-35(25)31-23/h8,13,18-19,21-22,24,26H,6-7,9-12,14-17H2,1-5H3. The normalized spacial score (nSPS) is 21.6. The van der Waals surface area contributed by atoms with Crippen LogP contribution in [-0.4, -0.2) is 75.2 Å². The predicted molar refractivity (Wildman–Crippen MR) is 143 cm³/mol. The summed E-state index contributed by atoms with van der Waals surface area (Å²) in [7, 11) is 1.86. The molecule has 2 aromatic heterocycles. The predicted octanol–water partition coefficient (Wildman–Crippen LogP) is 5.09. The van der Waals surface area contributed by atoms with E-state index in [1.54, 1.807) is 0 Å². The number of anilines is 1. The van der Waals surface area contributed by atoms with Gasteiger partial charge in [-0.2, -0.15) is 5.10 Å². The van der Waals surface area contributed by atoms with Crippen molar-refractivity contribution in [3.05, 3.63) is 35.7 Å². The Morgan fingerprint density at radius 3 is 2.64 bits per heavy atom. The molecule has 0 spiro atoms. The van der Waals surface area contributed by atoms with Crippen LogP contribution in [0.15, 0.2) is 24.4 Å². The molecule has 0 N–H and O–H groups in total. The largest absolute Gasteiger partial charge is 0.356 e. The Hall–Kier alpha value is -2.48. The highest BCUT2D eigenvalue weighted by Crippen LogP contribution is 2.33. The van der Waals surface area contributed by atoms with Crippen LogP contribution in [-0.2, 0) is 4.79 Å². The van der Waals surface area contributed by atoms with Crippen molar-refractivity contribution < 1.29 is 9.18 Å². The number of carbonyl (C=O) groups excluding carboxylic acids is 1. The highest BCUT2D eigenvalue weighted by Gasteiger charge is 2.39. The Morgan fingerprint density at radius 2 is 1.94 bits per heavy atom. The first-order valence-electron chi connectivity index (χ1n) is 13.8. The molecule has 4 unspecified atom stereocenters. The van der Waals surface area contributed by atoms with Crippen LogP contribution >= 0.6 is 0 Å². The Kier molecular flexibility index (Phi) is 8.65. The molecule has 1 amide bonds. The fourth-order valence-corrected chi connectivity index (χ4v) is 5.65. The van der Waals surface area contributed by atoms with Crippen LogP contribution in [0.2, 0.25) is 0 Å². The summed E-state index contributed by atoms with van der Waals surface area (Å²) < 4.78 is 16.8. The second kappa shape index (κ2) is 11.7. The van der Waals surface area contributed by atoms with Gasteiger partial charge in [-0.1, -0.05) is 25.5 Å². The third-order valence-corrected chi connectivity index (χ3v) is 7.80. The van der Waals surface area contributed by atoms with Crippen LogP contribution in [0.25, 0.3) is 5.65 Å². The van der Waals surface area contributed by atoms with Crippen molar-refractivity contribution in [2.75, 3.05) is 31.6 Å². The Balaban J connectivity index is 1.60. The fraction of sp³-hybridized carbons (Fsp3) is 0.679. The third-order valence-electron chi connectivity index (χ3n) is 7.80. The zero-order valence-corrected chi connectivity index (χ0v) is 22.7. The second-order valence-corrected chi connectivity index (χ2v) is 10.6. The minimum Gasteiger partial charge on any atom is -0.356 e. The number of nitrogens with zero attached hydrogens (tertiary/aromatic N) is 6. The summed E-state index contributed by atoms with van der Waals surface area (Å²) in [5, 5.41) is 4.85. The molecule has 0 saturated carbocycles. The van der Waals surface area contributed by atoms with E-state index in [0.29, 0.717) is 6.54 Å². The van der Waals surface area contributed by atoms with Crippen LogP contribution in [0.4, 0.5) is 10.2 Å². The summed E-state index contributed by atoms with van der Waals surface area (Å²) in [6.45, 7) is 10.4. The maximum atomic E-state index is 15.0. The molecule has 0 radical (unpaired) electrons. The van der Waals surface area contributed by atoms with E-state index < -0.39 is 12.2 Å². The molecule has 2 aliphatic heterocycles. The molecule has 8 heteroatoms. The van der Waals surface area contributed by atoms with Crippen LogP contribution in [0, 0.1) is 6.92 Å². The number of piperidine rings is 1. The van der Waals surface area contributed by atoms with Gasteiger partial charge >= 0.3 is 0 Å². The first-order chi connectivity index (χ1) is 17.3. The van der Waals surface area contributed by atoms with E-state index in [-0.39, 0.29) is 18.0 Å². The lowest BCUT2D eigenvalue weighted by molar-refractivity contribution is -0.143. The molecule has 198 valence electrons. The first-order valence-corrected chi connectivity index (χ1v) is 13.8. The lowest BCUT2D eigenvalue weighted by Gasteiger charge is -2.40. The van der Waals surface area contributed by atoms with Crippen molar-refractivity contribution >= 4 is 17.4 Å². The molecule has 2 saturated heterocycles. The summed E-state index contributed by atoms with van der Waals surface area (Å²) in [5.74, 6) is 0.882. The van der Waals surface area contributed by atoms with Gasteiger partial charge in [-0.15, -0.1) is 0 Å². The number of rotatable bonds is 9. The molecule has 7 nitrogen and oxygen atoms in total. The highest BCUT2D eigenvalue weighted by molar-refractivity contribution is 5.83. The quantitative estimate of drug-likeness (QED) is 0.451. The summed E-state index contributed by atoms with van der Waals surface area (Å²) in [4.78, 5) is 24.9.